The van der Waals surface area contributed by atoms with Crippen molar-refractivity contribution in [2.24, 2.45) is 0 Å². The number of aryl methyl sites for hydroxylation is 1. The minimum absolute atomic E-state index is 0.00759. The van der Waals surface area contributed by atoms with Crippen molar-refractivity contribution in [3.63, 3.8) is 0 Å². The maximum Gasteiger partial charge on any atom is 0.265 e. The number of nitrogens with one attached hydrogen (secondary N) is 1. The van der Waals surface area contributed by atoms with E-state index in [0.29, 0.717) is 40.7 Å². The van der Waals surface area contributed by atoms with Crippen molar-refractivity contribution < 1.29 is 23.8 Å². The Labute approximate surface area is 192 Å². The first-order chi connectivity index (χ1) is 16.1. The maximum atomic E-state index is 12.9. The Balaban J connectivity index is 1.50. The van der Waals surface area contributed by atoms with Crippen LogP contribution in [0.25, 0.3) is 0 Å². The topological polar surface area (TPSA) is 77.1 Å². The second kappa shape index (κ2) is 10.1. The lowest BCUT2D eigenvalue weighted by molar-refractivity contribution is -0.121. The molecule has 170 valence electrons. The highest BCUT2D eigenvalue weighted by molar-refractivity contribution is 6.06. The zero-order valence-electron chi connectivity index (χ0n) is 18.7. The quantitative estimate of drug-likeness (QED) is 0.558. The number of nitrogens with zero attached hydrogens (tertiary/aromatic N) is 1. The van der Waals surface area contributed by atoms with Crippen LogP contribution >= 0.6 is 0 Å². The summed E-state index contributed by atoms with van der Waals surface area (Å²) in [5, 5.41) is 2.88. The molecule has 0 bridgehead atoms. The number of rotatable bonds is 8. The van der Waals surface area contributed by atoms with Crippen molar-refractivity contribution >= 4 is 23.2 Å². The number of fused-ring (bicyclic) bond motifs is 1. The van der Waals surface area contributed by atoms with Gasteiger partial charge in [0.2, 0.25) is 0 Å². The fourth-order valence-electron chi connectivity index (χ4n) is 3.75. The molecule has 1 aliphatic heterocycles. The molecule has 0 aliphatic carbocycles. The van der Waals surface area contributed by atoms with Gasteiger partial charge in [-0.05, 0) is 48.7 Å². The summed E-state index contributed by atoms with van der Waals surface area (Å²) in [6.45, 7) is 0.572. The number of carbonyl (C=O) groups is 2. The lowest BCUT2D eigenvalue weighted by atomic mass is 10.1. The number of hydrogen-bond donors (Lipinski definition) is 1. The normalized spacial score (nSPS) is 12.5. The Kier molecular flexibility index (Phi) is 6.78. The molecule has 0 saturated heterocycles. The van der Waals surface area contributed by atoms with Crippen LogP contribution in [0.5, 0.6) is 17.2 Å². The van der Waals surface area contributed by atoms with Crippen LogP contribution in [0.15, 0.2) is 66.7 Å². The molecule has 4 rings (SSSR count). The number of ether oxygens (including phenoxy) is 3. The lowest BCUT2D eigenvalue weighted by Crippen LogP contribution is -2.39. The zero-order chi connectivity index (χ0) is 23.2. The molecule has 0 fully saturated rings. The summed E-state index contributed by atoms with van der Waals surface area (Å²) in [6, 6.07) is 20.4. The first-order valence-corrected chi connectivity index (χ1v) is 10.7. The van der Waals surface area contributed by atoms with Gasteiger partial charge in [-0.3, -0.25) is 9.59 Å². The van der Waals surface area contributed by atoms with Crippen LogP contribution in [0.2, 0.25) is 0 Å². The summed E-state index contributed by atoms with van der Waals surface area (Å²) in [4.78, 5) is 27.2. The molecule has 0 radical (unpaired) electrons. The van der Waals surface area contributed by atoms with E-state index in [4.69, 9.17) is 14.2 Å². The standard InChI is InChI=1S/C26H26N2O5/c1-31-21-13-19(14-22(16-21)32-2)26(30)27-20-10-11-24-23(15-20)28(25(29)17-33-24)12-6-9-18-7-4-3-5-8-18/h3-5,7-8,10-11,13-16H,6,9,12,17H2,1-2H3,(H,27,30). The van der Waals surface area contributed by atoms with Gasteiger partial charge in [0, 0.05) is 23.9 Å². The van der Waals surface area contributed by atoms with Crippen molar-refractivity contribution in [1.82, 2.24) is 0 Å². The highest BCUT2D eigenvalue weighted by atomic mass is 16.5. The predicted molar refractivity (Wildman–Crippen MR) is 127 cm³/mol. The molecule has 1 heterocycles. The average molecular weight is 447 g/mol. The summed E-state index contributed by atoms with van der Waals surface area (Å²) in [5.74, 6) is 1.25. The zero-order valence-corrected chi connectivity index (χ0v) is 18.7. The number of carbonyl (C=O) groups excluding carboxylic acids is 2. The molecular formula is C26H26N2O5. The Hall–Kier alpha value is -4.00. The van der Waals surface area contributed by atoms with E-state index in [0.717, 1.165) is 12.8 Å². The van der Waals surface area contributed by atoms with Crippen LogP contribution in [-0.4, -0.2) is 39.2 Å². The second-order valence-electron chi connectivity index (χ2n) is 7.66. The predicted octanol–water partition coefficient (Wildman–Crippen LogP) is 4.31. The molecule has 0 aromatic heterocycles. The van der Waals surface area contributed by atoms with Gasteiger partial charge in [-0.25, -0.2) is 0 Å². The number of anilines is 2. The highest BCUT2D eigenvalue weighted by Gasteiger charge is 2.25. The van der Waals surface area contributed by atoms with Crippen molar-refractivity contribution in [2.45, 2.75) is 12.8 Å². The fourth-order valence-corrected chi connectivity index (χ4v) is 3.75. The van der Waals surface area contributed by atoms with E-state index >= 15 is 0 Å². The van der Waals surface area contributed by atoms with Gasteiger partial charge in [0.15, 0.2) is 6.61 Å². The monoisotopic (exact) mass is 446 g/mol. The Morgan fingerprint density at radius 3 is 2.42 bits per heavy atom. The van der Waals surface area contributed by atoms with Crippen LogP contribution in [0.4, 0.5) is 11.4 Å². The summed E-state index contributed by atoms with van der Waals surface area (Å²) < 4.78 is 16.1. The van der Waals surface area contributed by atoms with E-state index in [1.165, 1.54) is 19.8 Å². The van der Waals surface area contributed by atoms with Crippen LogP contribution in [0.1, 0.15) is 22.3 Å². The molecule has 1 N–H and O–H groups in total. The molecule has 0 unspecified atom stereocenters. The number of amides is 2. The molecule has 2 amide bonds. The minimum Gasteiger partial charge on any atom is -0.497 e. The summed E-state index contributed by atoms with van der Waals surface area (Å²) in [7, 11) is 3.06. The first-order valence-electron chi connectivity index (χ1n) is 10.7. The Morgan fingerprint density at radius 2 is 1.73 bits per heavy atom. The summed E-state index contributed by atoms with van der Waals surface area (Å²) >= 11 is 0. The molecule has 3 aromatic rings. The number of methoxy groups -OCH3 is 2. The molecule has 3 aromatic carbocycles. The largest absolute Gasteiger partial charge is 0.497 e. The molecular weight excluding hydrogens is 420 g/mol. The molecule has 0 spiro atoms. The molecule has 7 heteroatoms. The Morgan fingerprint density at radius 1 is 1.00 bits per heavy atom. The third kappa shape index (κ3) is 5.26. The van der Waals surface area contributed by atoms with Gasteiger partial charge in [0.25, 0.3) is 11.8 Å². The minimum atomic E-state index is -0.314. The lowest BCUT2D eigenvalue weighted by Gasteiger charge is -2.30. The fraction of sp³-hybridized carbons (Fsp3) is 0.231. The van der Waals surface area contributed by atoms with E-state index < -0.39 is 0 Å². The Bertz CT molecular complexity index is 1120. The van der Waals surface area contributed by atoms with Gasteiger partial charge in [0.1, 0.15) is 17.2 Å². The first kappa shape index (κ1) is 22.2. The van der Waals surface area contributed by atoms with Gasteiger partial charge < -0.3 is 24.4 Å². The molecule has 33 heavy (non-hydrogen) atoms. The van der Waals surface area contributed by atoms with Gasteiger partial charge in [-0.15, -0.1) is 0 Å². The van der Waals surface area contributed by atoms with Crippen molar-refractivity contribution in [1.29, 1.82) is 0 Å². The second-order valence-corrected chi connectivity index (χ2v) is 7.66. The van der Waals surface area contributed by atoms with E-state index in [-0.39, 0.29) is 18.4 Å². The van der Waals surface area contributed by atoms with Crippen molar-refractivity contribution in [3.05, 3.63) is 77.9 Å². The van der Waals surface area contributed by atoms with Crippen LogP contribution < -0.4 is 24.4 Å². The van der Waals surface area contributed by atoms with Crippen LogP contribution in [0.3, 0.4) is 0 Å². The summed E-state index contributed by atoms with van der Waals surface area (Å²) in [6.07, 6.45) is 1.68. The number of benzene rings is 3. The van der Waals surface area contributed by atoms with Crippen LogP contribution in [-0.2, 0) is 11.2 Å². The smallest absolute Gasteiger partial charge is 0.265 e. The summed E-state index contributed by atoms with van der Waals surface area (Å²) in [5.41, 5.74) is 2.84. The van der Waals surface area contributed by atoms with Crippen molar-refractivity contribution in [2.75, 3.05) is 37.6 Å². The maximum absolute atomic E-state index is 12.9. The van der Waals surface area contributed by atoms with E-state index in [9.17, 15) is 9.59 Å². The highest BCUT2D eigenvalue weighted by Crippen LogP contribution is 2.35. The van der Waals surface area contributed by atoms with E-state index in [2.05, 4.69) is 17.4 Å². The SMILES string of the molecule is COc1cc(OC)cc(C(=O)Nc2ccc3c(c2)N(CCCc2ccccc2)C(=O)CO3)c1. The molecule has 0 saturated carbocycles. The molecule has 7 nitrogen and oxygen atoms in total. The number of hydrogen-bond acceptors (Lipinski definition) is 5. The average Bonchev–Trinajstić information content (AvgIpc) is 2.85. The third-order valence-corrected chi connectivity index (χ3v) is 5.46. The van der Waals surface area contributed by atoms with Gasteiger partial charge >= 0.3 is 0 Å². The molecule has 1 aliphatic rings. The van der Waals surface area contributed by atoms with Gasteiger partial charge in [-0.2, -0.15) is 0 Å². The van der Waals surface area contributed by atoms with E-state index in [1.807, 2.05) is 18.2 Å². The van der Waals surface area contributed by atoms with Crippen molar-refractivity contribution in [3.8, 4) is 17.2 Å². The van der Waals surface area contributed by atoms with Crippen LogP contribution in [0, 0.1) is 0 Å². The van der Waals surface area contributed by atoms with E-state index in [1.54, 1.807) is 41.3 Å². The van der Waals surface area contributed by atoms with Gasteiger partial charge in [0.05, 0.1) is 19.9 Å². The molecule has 0 atom stereocenters. The van der Waals surface area contributed by atoms with Gasteiger partial charge in [-0.1, -0.05) is 30.3 Å². The third-order valence-electron chi connectivity index (χ3n) is 5.46.